The van der Waals surface area contributed by atoms with Gasteiger partial charge in [0.05, 0.1) is 5.16 Å². The van der Waals surface area contributed by atoms with Crippen LogP contribution < -0.4 is 0 Å². The molecular weight excluding hydrogens is 650 g/mol. The zero-order chi connectivity index (χ0) is 31.1. The van der Waals surface area contributed by atoms with Crippen molar-refractivity contribution in [1.29, 1.82) is 0 Å². The van der Waals surface area contributed by atoms with Crippen LogP contribution in [0.3, 0.4) is 0 Å². The Morgan fingerprint density at radius 2 is 1.36 bits per heavy atom. The van der Waals surface area contributed by atoms with Crippen molar-refractivity contribution in [3.63, 3.8) is 0 Å². The molecule has 5 heteroatoms. The molecular formula is C42H44FeN2P2. The Kier molecular flexibility index (Phi) is 9.39. The van der Waals surface area contributed by atoms with E-state index in [2.05, 4.69) is 132 Å². The van der Waals surface area contributed by atoms with Crippen molar-refractivity contribution in [3.05, 3.63) is 156 Å². The van der Waals surface area contributed by atoms with E-state index in [4.69, 9.17) is 0 Å². The first-order valence-corrected chi connectivity index (χ1v) is 18.4. The zero-order valence-electron chi connectivity index (χ0n) is 26.8. The van der Waals surface area contributed by atoms with Gasteiger partial charge in [-0.3, -0.25) is 0 Å². The van der Waals surface area contributed by atoms with Crippen LogP contribution in [0.5, 0.6) is 0 Å². The number of aromatic amines is 2. The Morgan fingerprint density at radius 3 is 1.87 bits per heavy atom. The second-order valence-corrected chi connectivity index (χ2v) is 15.3. The van der Waals surface area contributed by atoms with E-state index < -0.39 is 5.16 Å². The Morgan fingerprint density at radius 1 is 0.766 bits per heavy atom. The maximum absolute atomic E-state index is 3.65. The maximum atomic E-state index is 3.65. The van der Waals surface area contributed by atoms with Crippen molar-refractivity contribution in [2.45, 2.75) is 42.7 Å². The Labute approximate surface area is 295 Å². The van der Waals surface area contributed by atoms with Crippen LogP contribution in [0.2, 0.25) is 0 Å². The first-order valence-electron chi connectivity index (χ1n) is 17.0. The van der Waals surface area contributed by atoms with E-state index in [1.807, 2.05) is 30.3 Å². The molecule has 4 fully saturated rings. The summed E-state index contributed by atoms with van der Waals surface area (Å²) in [5, 5.41) is -0.423. The van der Waals surface area contributed by atoms with Crippen LogP contribution in [0, 0.1) is 23.7 Å². The van der Waals surface area contributed by atoms with Gasteiger partial charge in [-0.25, -0.2) is 12.1 Å². The molecule has 5 atom stereocenters. The summed E-state index contributed by atoms with van der Waals surface area (Å²) in [6, 6.07) is 43.8. The standard InChI is InChI=1S/C37H39N2P2.C5H5.Fe/c40-23-31-28-18-24-17-25(19-28)22-36(31,21-24)35-30(37(41,32-13-7-15-38-32)33-14-8-16-39-33)20-29(26-9-3-1-4-10-26)34(35)27-11-5-2-6-12-27;1-2-4-5-3-1;/h1-16,20,24-25,28,31,38-39H,17-19,21-23,40-41H2;1-5H;/q2*-1;+2. The van der Waals surface area contributed by atoms with Gasteiger partial charge in [0.25, 0.3) is 0 Å². The maximum Gasteiger partial charge on any atom is 2.00 e. The molecule has 240 valence electrons. The minimum atomic E-state index is -0.423. The fourth-order valence-electron chi connectivity index (χ4n) is 10.00. The Hall–Kier alpha value is -2.92. The summed E-state index contributed by atoms with van der Waals surface area (Å²) in [5.41, 5.74) is 11.1. The third-order valence-electron chi connectivity index (χ3n) is 11.5. The van der Waals surface area contributed by atoms with E-state index in [9.17, 15) is 0 Å². The number of aromatic nitrogens is 2. The number of hydrogen-bond donors (Lipinski definition) is 2. The number of rotatable bonds is 7. The quantitative estimate of drug-likeness (QED) is 0.0947. The molecule has 4 saturated carbocycles. The topological polar surface area (TPSA) is 31.6 Å². The van der Waals surface area contributed by atoms with Crippen molar-refractivity contribution in [3.8, 4) is 22.3 Å². The van der Waals surface area contributed by atoms with Crippen LogP contribution in [-0.2, 0) is 27.6 Å². The minimum Gasteiger partial charge on any atom is -0.364 e. The molecule has 2 heterocycles. The molecule has 0 spiro atoms. The Balaban J connectivity index is 0.000000538. The molecule has 2 N–H and O–H groups in total. The predicted molar refractivity (Wildman–Crippen MR) is 199 cm³/mol. The summed E-state index contributed by atoms with van der Waals surface area (Å²) >= 11 is 0. The van der Waals surface area contributed by atoms with Crippen LogP contribution in [-0.4, -0.2) is 16.1 Å². The van der Waals surface area contributed by atoms with Crippen LogP contribution in [0.25, 0.3) is 22.3 Å². The van der Waals surface area contributed by atoms with Crippen LogP contribution in [0.1, 0.15) is 54.6 Å². The smallest absolute Gasteiger partial charge is 0.364 e. The zero-order valence-corrected chi connectivity index (χ0v) is 30.2. The van der Waals surface area contributed by atoms with Crippen LogP contribution in [0.4, 0.5) is 0 Å². The SMILES string of the molecule is PCC1C2CC3CC(C2)CC1(c1c(C(P)(c2ccc[nH]2)c2ccc[nH]2)cc(-c2ccccc2)[c-]1-c1ccccc1)C3.[Fe+2].c1cc[cH-]c1. The van der Waals surface area contributed by atoms with Crippen molar-refractivity contribution < 1.29 is 17.1 Å². The predicted octanol–water partition coefficient (Wildman–Crippen LogP) is 10.5. The van der Waals surface area contributed by atoms with Crippen molar-refractivity contribution >= 4 is 18.5 Å². The normalized spacial score (nSPS) is 24.4. The summed E-state index contributed by atoms with van der Waals surface area (Å²) in [7, 11) is 6.54. The van der Waals surface area contributed by atoms with Gasteiger partial charge >= 0.3 is 17.1 Å². The first kappa shape index (κ1) is 32.6. The molecule has 5 unspecified atom stereocenters. The van der Waals surface area contributed by atoms with Crippen molar-refractivity contribution in [1.82, 2.24) is 9.97 Å². The van der Waals surface area contributed by atoms with Gasteiger partial charge in [0.15, 0.2) is 0 Å². The van der Waals surface area contributed by atoms with E-state index in [0.717, 1.165) is 17.8 Å². The molecule has 4 aromatic carbocycles. The largest absolute Gasteiger partial charge is 2.00 e. The number of nitrogens with one attached hydrogen (secondary N) is 2. The van der Waals surface area contributed by atoms with Gasteiger partial charge in [0.1, 0.15) is 0 Å². The van der Waals surface area contributed by atoms with Gasteiger partial charge in [-0.05, 0) is 91.6 Å². The van der Waals surface area contributed by atoms with E-state index in [0.29, 0.717) is 5.92 Å². The van der Waals surface area contributed by atoms with Gasteiger partial charge in [0, 0.05) is 23.8 Å². The molecule has 0 amide bonds. The monoisotopic (exact) mass is 694 g/mol. The van der Waals surface area contributed by atoms with Gasteiger partial charge in [-0.1, -0.05) is 76.3 Å². The second-order valence-electron chi connectivity index (χ2n) is 14.0. The average Bonchev–Trinajstić information content (AvgIpc) is 3.93. The van der Waals surface area contributed by atoms with E-state index in [1.54, 1.807) is 5.56 Å². The molecule has 2 nitrogen and oxygen atoms in total. The summed E-state index contributed by atoms with van der Waals surface area (Å²) in [6.07, 6.45) is 12.3. The molecule has 47 heavy (non-hydrogen) atoms. The number of benzene rings is 2. The molecule has 0 saturated heterocycles. The second kappa shape index (κ2) is 13.5. The fraction of sp³-hybridized carbons (Fsp3) is 0.286. The molecule has 4 bridgehead atoms. The van der Waals surface area contributed by atoms with E-state index in [-0.39, 0.29) is 22.5 Å². The molecule has 4 aliphatic rings. The summed E-state index contributed by atoms with van der Waals surface area (Å²) in [4.78, 5) is 7.31. The fourth-order valence-corrected chi connectivity index (χ4v) is 11.4. The van der Waals surface area contributed by atoms with E-state index >= 15 is 0 Å². The van der Waals surface area contributed by atoms with Gasteiger partial charge in [0.2, 0.25) is 0 Å². The van der Waals surface area contributed by atoms with Crippen molar-refractivity contribution in [2.75, 3.05) is 6.16 Å². The first-order chi connectivity index (χ1) is 22.6. The van der Waals surface area contributed by atoms with Crippen molar-refractivity contribution in [2.24, 2.45) is 23.7 Å². The van der Waals surface area contributed by atoms with Gasteiger partial charge < -0.3 is 9.97 Å². The van der Waals surface area contributed by atoms with Crippen LogP contribution in [0.15, 0.2) is 134 Å². The molecule has 2 aromatic heterocycles. The molecule has 4 aliphatic carbocycles. The molecule has 0 aliphatic heterocycles. The summed E-state index contributed by atoms with van der Waals surface area (Å²) in [5.74, 6) is 3.22. The molecule has 6 aromatic rings. The minimum absolute atomic E-state index is 0. The van der Waals surface area contributed by atoms with Gasteiger partial charge in [-0.15, -0.1) is 42.2 Å². The third kappa shape index (κ3) is 5.59. The third-order valence-corrected chi connectivity index (χ3v) is 13.0. The summed E-state index contributed by atoms with van der Waals surface area (Å²) < 4.78 is 0. The van der Waals surface area contributed by atoms with Crippen LogP contribution >= 0.6 is 18.5 Å². The number of hydrogen-bond acceptors (Lipinski definition) is 0. The summed E-state index contributed by atoms with van der Waals surface area (Å²) in [6.45, 7) is 0. The molecule has 10 rings (SSSR count). The molecule has 0 radical (unpaired) electrons. The average molecular weight is 695 g/mol. The van der Waals surface area contributed by atoms with Gasteiger partial charge in [-0.2, -0.15) is 18.2 Å². The number of H-pyrrole nitrogens is 2. The van der Waals surface area contributed by atoms with E-state index in [1.165, 1.54) is 77.5 Å². The Bertz CT molecular complexity index is 1770.